The van der Waals surface area contributed by atoms with Crippen LogP contribution in [0.1, 0.15) is 17.4 Å². The molecule has 2 saturated heterocycles. The number of hydrogen-bond acceptors (Lipinski definition) is 8. The van der Waals surface area contributed by atoms with Crippen molar-refractivity contribution >= 4 is 81.6 Å². The predicted molar refractivity (Wildman–Crippen MR) is 151 cm³/mol. The van der Waals surface area contributed by atoms with Crippen LogP contribution in [0.15, 0.2) is 60.7 Å². The van der Waals surface area contributed by atoms with Crippen molar-refractivity contribution in [3.63, 3.8) is 0 Å². The highest BCUT2D eigenvalue weighted by Gasteiger charge is 2.53. The van der Waals surface area contributed by atoms with Gasteiger partial charge >= 0.3 is 6.09 Å². The van der Waals surface area contributed by atoms with E-state index in [-0.39, 0.29) is 13.2 Å². The summed E-state index contributed by atoms with van der Waals surface area (Å²) < 4.78 is 31.2. The van der Waals surface area contributed by atoms with Crippen LogP contribution in [0, 0.1) is 5.41 Å². The standard InChI is InChI=1S/C25H24Cl6N2O7/c26-24(27,28)13-37-23(34)33-17-19(35-11-14-7-3-1-4-8-14)18-16(38-21(17)40-22(32)25(29,30)31)12-36-20(39-18)15-9-5-2-6-10-15/h1-10,16-21,32H,11-13H2,(H,33,34)/t16?,17-,18-,19?,20?,21?/m1/s1. The molecule has 2 fully saturated rings. The smallest absolute Gasteiger partial charge is 0.407 e. The average molecular weight is 677 g/mol. The van der Waals surface area contributed by atoms with E-state index in [0.717, 1.165) is 11.1 Å². The maximum absolute atomic E-state index is 12.8. The van der Waals surface area contributed by atoms with Crippen molar-refractivity contribution in [1.82, 2.24) is 5.32 Å². The Bertz CT molecular complexity index is 1140. The summed E-state index contributed by atoms with van der Waals surface area (Å²) in [5.74, 6) is -0.746. The first-order chi connectivity index (χ1) is 18.9. The summed E-state index contributed by atoms with van der Waals surface area (Å²) in [6.07, 6.45) is -5.56. The van der Waals surface area contributed by atoms with Gasteiger partial charge in [-0.2, -0.15) is 0 Å². The quantitative estimate of drug-likeness (QED) is 0.203. The molecule has 0 aliphatic carbocycles. The summed E-state index contributed by atoms with van der Waals surface area (Å²) in [6.45, 7) is -0.347. The van der Waals surface area contributed by atoms with Gasteiger partial charge in [0, 0.05) is 5.56 Å². The van der Waals surface area contributed by atoms with Gasteiger partial charge in [0.2, 0.25) is 16.0 Å². The Kier molecular flexibility index (Phi) is 11.0. The highest BCUT2D eigenvalue weighted by molar-refractivity contribution is 6.76. The molecule has 0 bridgehead atoms. The van der Waals surface area contributed by atoms with Crippen LogP contribution in [-0.4, -0.2) is 63.4 Å². The Labute approximate surface area is 260 Å². The lowest BCUT2D eigenvalue weighted by Crippen LogP contribution is -2.68. The van der Waals surface area contributed by atoms with E-state index in [0.29, 0.717) is 0 Å². The fraction of sp³-hybridized carbons (Fsp3) is 0.440. The summed E-state index contributed by atoms with van der Waals surface area (Å²) >= 11 is 34.7. The Morgan fingerprint density at radius 3 is 2.25 bits per heavy atom. The zero-order valence-electron chi connectivity index (χ0n) is 20.5. The second-order valence-electron chi connectivity index (χ2n) is 8.79. The van der Waals surface area contributed by atoms with Gasteiger partial charge in [0.15, 0.2) is 6.29 Å². The number of benzene rings is 2. The summed E-state index contributed by atoms with van der Waals surface area (Å²) in [7, 11) is 0. The molecular formula is C25H24Cl6N2O7. The number of carbonyl (C=O) groups is 1. The van der Waals surface area contributed by atoms with Crippen LogP contribution < -0.4 is 5.32 Å². The van der Waals surface area contributed by atoms with Gasteiger partial charge in [-0.1, -0.05) is 130 Å². The van der Waals surface area contributed by atoms with Crippen LogP contribution in [0.3, 0.4) is 0 Å². The van der Waals surface area contributed by atoms with Crippen molar-refractivity contribution in [2.75, 3.05) is 13.2 Å². The normalized spacial score (nSPS) is 26.9. The average Bonchev–Trinajstić information content (AvgIpc) is 2.91. The minimum absolute atomic E-state index is 0.0703. The third kappa shape index (κ3) is 8.88. The molecule has 0 radical (unpaired) electrons. The Hall–Kier alpha value is -1.24. The van der Waals surface area contributed by atoms with Crippen LogP contribution >= 0.6 is 69.6 Å². The second-order valence-corrected chi connectivity index (χ2v) is 13.6. The number of fused-ring (bicyclic) bond motifs is 1. The molecule has 0 saturated carbocycles. The van der Waals surface area contributed by atoms with Gasteiger partial charge in [0.05, 0.1) is 13.2 Å². The maximum atomic E-state index is 12.8. The van der Waals surface area contributed by atoms with Crippen molar-refractivity contribution in [1.29, 1.82) is 5.41 Å². The number of amides is 1. The van der Waals surface area contributed by atoms with Crippen LogP contribution in [0.4, 0.5) is 4.79 Å². The zero-order valence-corrected chi connectivity index (χ0v) is 25.0. The minimum atomic E-state index is -2.21. The summed E-state index contributed by atoms with van der Waals surface area (Å²) in [4.78, 5) is 12.8. The summed E-state index contributed by atoms with van der Waals surface area (Å²) in [6, 6.07) is 17.5. The molecule has 15 heteroatoms. The molecule has 40 heavy (non-hydrogen) atoms. The number of ether oxygens (including phenoxy) is 6. The van der Waals surface area contributed by atoms with Crippen LogP contribution in [0.2, 0.25) is 0 Å². The lowest BCUT2D eigenvalue weighted by atomic mass is 9.95. The van der Waals surface area contributed by atoms with Crippen LogP contribution in [0.5, 0.6) is 0 Å². The monoisotopic (exact) mass is 674 g/mol. The van der Waals surface area contributed by atoms with Gasteiger partial charge in [-0.05, 0) is 5.56 Å². The Balaban J connectivity index is 1.63. The van der Waals surface area contributed by atoms with E-state index in [1.165, 1.54) is 0 Å². The van der Waals surface area contributed by atoms with Gasteiger partial charge in [-0.3, -0.25) is 5.41 Å². The molecule has 9 nitrogen and oxygen atoms in total. The topological polar surface area (TPSA) is 108 Å². The Morgan fingerprint density at radius 2 is 1.62 bits per heavy atom. The third-order valence-electron chi connectivity index (χ3n) is 5.84. The first-order valence-corrected chi connectivity index (χ1v) is 14.1. The summed E-state index contributed by atoms with van der Waals surface area (Å²) in [5, 5.41) is 10.7. The van der Waals surface area contributed by atoms with Gasteiger partial charge in [-0.15, -0.1) is 0 Å². The molecule has 6 atom stereocenters. The molecule has 4 rings (SSSR count). The maximum Gasteiger partial charge on any atom is 0.407 e. The minimum Gasteiger partial charge on any atom is -0.446 e. The molecule has 2 aromatic rings. The highest BCUT2D eigenvalue weighted by Crippen LogP contribution is 2.37. The van der Waals surface area contributed by atoms with Gasteiger partial charge in [-0.25, -0.2) is 4.79 Å². The molecule has 4 unspecified atom stereocenters. The number of alkyl halides is 6. The second kappa shape index (κ2) is 13.8. The van der Waals surface area contributed by atoms with E-state index in [4.69, 9.17) is 103 Å². The molecule has 2 N–H and O–H groups in total. The largest absolute Gasteiger partial charge is 0.446 e. The Morgan fingerprint density at radius 1 is 0.975 bits per heavy atom. The van der Waals surface area contributed by atoms with E-state index in [1.54, 1.807) is 0 Å². The van der Waals surface area contributed by atoms with E-state index >= 15 is 0 Å². The number of alkyl carbamates (subject to hydrolysis) is 1. The van der Waals surface area contributed by atoms with Gasteiger partial charge < -0.3 is 33.7 Å². The highest BCUT2D eigenvalue weighted by atomic mass is 35.6. The lowest BCUT2D eigenvalue weighted by molar-refractivity contribution is -0.341. The molecule has 218 valence electrons. The first kappa shape index (κ1) is 31.7. The number of nitrogens with one attached hydrogen (secondary N) is 2. The molecule has 2 aliphatic rings. The number of hydrogen-bond donors (Lipinski definition) is 2. The van der Waals surface area contributed by atoms with Crippen molar-refractivity contribution in [3.05, 3.63) is 71.8 Å². The molecule has 1 amide bonds. The molecule has 2 heterocycles. The number of rotatable bonds is 7. The van der Waals surface area contributed by atoms with E-state index < -0.39 is 63.1 Å². The molecular weight excluding hydrogens is 653 g/mol. The van der Waals surface area contributed by atoms with E-state index in [1.807, 2.05) is 60.7 Å². The number of carbonyl (C=O) groups excluding carboxylic acids is 1. The van der Waals surface area contributed by atoms with E-state index in [2.05, 4.69) is 5.32 Å². The fourth-order valence-corrected chi connectivity index (χ4v) is 4.38. The van der Waals surface area contributed by atoms with Crippen LogP contribution in [-0.2, 0) is 35.0 Å². The first-order valence-electron chi connectivity index (χ1n) is 11.9. The van der Waals surface area contributed by atoms with Crippen LogP contribution in [0.25, 0.3) is 0 Å². The van der Waals surface area contributed by atoms with Crippen molar-refractivity contribution in [3.8, 4) is 0 Å². The van der Waals surface area contributed by atoms with E-state index in [9.17, 15) is 4.79 Å². The zero-order chi connectivity index (χ0) is 28.9. The lowest BCUT2D eigenvalue weighted by Gasteiger charge is -2.49. The SMILES string of the molecule is N=C(OC1OC2COC(c3ccccc3)O[C@H]2C(OCc2ccccc2)[C@H]1NC(=O)OCC(Cl)(Cl)Cl)C(Cl)(Cl)Cl. The van der Waals surface area contributed by atoms with Gasteiger partial charge in [0.25, 0.3) is 3.79 Å². The van der Waals surface area contributed by atoms with Crippen molar-refractivity contribution in [2.24, 2.45) is 0 Å². The molecule has 2 aromatic carbocycles. The van der Waals surface area contributed by atoms with Gasteiger partial charge in [0.1, 0.15) is 31.0 Å². The molecule has 0 aromatic heterocycles. The van der Waals surface area contributed by atoms with Crippen molar-refractivity contribution < 1.29 is 33.2 Å². The third-order valence-corrected chi connectivity index (χ3v) is 6.68. The number of halogens is 6. The fourth-order valence-electron chi connectivity index (χ4n) is 4.08. The van der Waals surface area contributed by atoms with Crippen molar-refractivity contribution in [2.45, 2.75) is 51.1 Å². The predicted octanol–water partition coefficient (Wildman–Crippen LogP) is 6.24. The molecule has 2 aliphatic heterocycles. The molecule has 0 spiro atoms. The summed E-state index contributed by atoms with van der Waals surface area (Å²) in [5.41, 5.74) is 1.62.